The van der Waals surface area contributed by atoms with Crippen molar-refractivity contribution in [2.45, 2.75) is 25.4 Å². The Morgan fingerprint density at radius 1 is 1.39 bits per heavy atom. The fourth-order valence-corrected chi connectivity index (χ4v) is 2.86. The van der Waals surface area contributed by atoms with Crippen LogP contribution in [0.2, 0.25) is 0 Å². The van der Waals surface area contributed by atoms with Gasteiger partial charge in [0, 0.05) is 31.9 Å². The molecule has 0 aliphatic carbocycles. The molecule has 0 radical (unpaired) electrons. The Balaban J connectivity index is 1.69. The van der Waals surface area contributed by atoms with Crippen molar-refractivity contribution in [3.8, 4) is 0 Å². The van der Waals surface area contributed by atoms with Crippen molar-refractivity contribution in [1.29, 1.82) is 0 Å². The van der Waals surface area contributed by atoms with Crippen molar-refractivity contribution in [2.75, 3.05) is 37.7 Å². The van der Waals surface area contributed by atoms with Crippen LogP contribution in [0.15, 0.2) is 24.5 Å². The molecule has 4 nitrogen and oxygen atoms in total. The summed E-state index contributed by atoms with van der Waals surface area (Å²) < 4.78 is 5.30. The molecule has 0 aromatic carbocycles. The number of hydrogen-bond acceptors (Lipinski definition) is 4. The molecule has 1 atom stereocenters. The maximum absolute atomic E-state index is 5.30. The maximum atomic E-state index is 5.30. The maximum Gasteiger partial charge on any atom is 0.0645 e. The van der Waals surface area contributed by atoms with Gasteiger partial charge in [0.05, 0.1) is 31.1 Å². The number of pyridine rings is 1. The summed E-state index contributed by atoms with van der Waals surface area (Å²) in [5, 5.41) is 0. The van der Waals surface area contributed by atoms with Gasteiger partial charge in [0.15, 0.2) is 0 Å². The zero-order valence-electron chi connectivity index (χ0n) is 11.0. The highest BCUT2D eigenvalue weighted by molar-refractivity contribution is 5.45. The first-order valence-electron chi connectivity index (χ1n) is 6.87. The van der Waals surface area contributed by atoms with E-state index in [1.54, 1.807) is 0 Å². The number of hydrogen-bond donors (Lipinski definition) is 0. The molecule has 0 saturated carbocycles. The minimum Gasteiger partial charge on any atom is -0.378 e. The topological polar surface area (TPSA) is 28.6 Å². The molecule has 3 rings (SSSR count). The summed E-state index contributed by atoms with van der Waals surface area (Å²) in [7, 11) is 0. The van der Waals surface area contributed by atoms with E-state index in [0.29, 0.717) is 12.1 Å². The van der Waals surface area contributed by atoms with Crippen molar-refractivity contribution in [1.82, 2.24) is 9.88 Å². The summed E-state index contributed by atoms with van der Waals surface area (Å²) in [6.45, 7) is 7.50. The van der Waals surface area contributed by atoms with E-state index in [0.717, 1.165) is 32.8 Å². The first-order valence-corrected chi connectivity index (χ1v) is 6.87. The number of ether oxygens (including phenoxy) is 1. The lowest BCUT2D eigenvalue weighted by Gasteiger charge is -2.47. The zero-order chi connectivity index (χ0) is 12.4. The normalized spacial score (nSPS) is 26.1. The quantitative estimate of drug-likeness (QED) is 0.807. The van der Waals surface area contributed by atoms with Crippen molar-refractivity contribution in [3.05, 3.63) is 24.5 Å². The predicted molar refractivity (Wildman–Crippen MR) is 71.8 cm³/mol. The number of aromatic nitrogens is 1. The van der Waals surface area contributed by atoms with Crippen LogP contribution in [0, 0.1) is 0 Å². The van der Waals surface area contributed by atoms with Crippen LogP contribution in [-0.4, -0.2) is 54.8 Å². The summed E-state index contributed by atoms with van der Waals surface area (Å²) in [5.74, 6) is 0. The lowest BCUT2D eigenvalue weighted by molar-refractivity contribution is -0.0698. The second kappa shape index (κ2) is 5.24. The highest BCUT2D eigenvalue weighted by Gasteiger charge is 2.33. The van der Waals surface area contributed by atoms with E-state index in [-0.39, 0.29) is 0 Å². The Bertz CT molecular complexity index is 380. The molecule has 98 valence electrons. The molecule has 2 aliphatic heterocycles. The average molecular weight is 247 g/mol. The lowest BCUT2D eigenvalue weighted by atomic mass is 10.1. The SMILES string of the molecule is CCC1CN(C2COC2)CCN1c1cccnc1. The first kappa shape index (κ1) is 11.9. The van der Waals surface area contributed by atoms with Crippen LogP contribution in [0.1, 0.15) is 13.3 Å². The van der Waals surface area contributed by atoms with E-state index in [4.69, 9.17) is 4.74 Å². The minimum atomic E-state index is 0.601. The second-order valence-electron chi connectivity index (χ2n) is 5.15. The van der Waals surface area contributed by atoms with Crippen LogP contribution in [0.4, 0.5) is 5.69 Å². The van der Waals surface area contributed by atoms with Crippen LogP contribution in [-0.2, 0) is 4.74 Å². The van der Waals surface area contributed by atoms with Gasteiger partial charge in [-0.05, 0) is 18.6 Å². The van der Waals surface area contributed by atoms with Gasteiger partial charge in [-0.15, -0.1) is 0 Å². The van der Waals surface area contributed by atoms with Gasteiger partial charge < -0.3 is 9.64 Å². The van der Waals surface area contributed by atoms with Gasteiger partial charge in [0.25, 0.3) is 0 Å². The Kier molecular flexibility index (Phi) is 3.48. The minimum absolute atomic E-state index is 0.601. The fourth-order valence-electron chi connectivity index (χ4n) is 2.86. The summed E-state index contributed by atoms with van der Waals surface area (Å²) in [6.07, 6.45) is 5.00. The van der Waals surface area contributed by atoms with Crippen LogP contribution in [0.3, 0.4) is 0 Å². The monoisotopic (exact) mass is 247 g/mol. The predicted octanol–water partition coefficient (Wildman–Crippen LogP) is 1.38. The third-order valence-corrected chi connectivity index (χ3v) is 4.10. The molecular formula is C14H21N3O. The number of rotatable bonds is 3. The molecule has 0 N–H and O–H groups in total. The lowest BCUT2D eigenvalue weighted by Crippen LogP contribution is -2.60. The fraction of sp³-hybridized carbons (Fsp3) is 0.643. The number of nitrogens with zero attached hydrogens (tertiary/aromatic N) is 3. The third-order valence-electron chi connectivity index (χ3n) is 4.10. The van der Waals surface area contributed by atoms with E-state index in [1.807, 2.05) is 18.5 Å². The molecule has 2 fully saturated rings. The van der Waals surface area contributed by atoms with Crippen molar-refractivity contribution < 1.29 is 4.74 Å². The summed E-state index contributed by atoms with van der Waals surface area (Å²) >= 11 is 0. The molecule has 0 amide bonds. The Morgan fingerprint density at radius 3 is 2.89 bits per heavy atom. The smallest absolute Gasteiger partial charge is 0.0645 e. The molecule has 1 aromatic rings. The van der Waals surface area contributed by atoms with Crippen LogP contribution in [0.5, 0.6) is 0 Å². The van der Waals surface area contributed by atoms with Gasteiger partial charge in [-0.1, -0.05) is 6.92 Å². The number of piperazine rings is 1. The largest absolute Gasteiger partial charge is 0.378 e. The van der Waals surface area contributed by atoms with Gasteiger partial charge >= 0.3 is 0 Å². The van der Waals surface area contributed by atoms with Crippen LogP contribution < -0.4 is 4.90 Å². The molecule has 1 aromatic heterocycles. The highest BCUT2D eigenvalue weighted by atomic mass is 16.5. The van der Waals surface area contributed by atoms with E-state index in [9.17, 15) is 0 Å². The zero-order valence-corrected chi connectivity index (χ0v) is 11.0. The van der Waals surface area contributed by atoms with Crippen LogP contribution in [0.25, 0.3) is 0 Å². The summed E-state index contributed by atoms with van der Waals surface area (Å²) in [5.41, 5.74) is 1.26. The summed E-state index contributed by atoms with van der Waals surface area (Å²) in [6, 6.07) is 5.45. The Hall–Kier alpha value is -1.13. The highest BCUT2D eigenvalue weighted by Crippen LogP contribution is 2.23. The second-order valence-corrected chi connectivity index (χ2v) is 5.15. The molecule has 2 aliphatic rings. The van der Waals surface area contributed by atoms with Gasteiger partial charge in [-0.2, -0.15) is 0 Å². The average Bonchev–Trinajstić information content (AvgIpc) is 2.37. The molecule has 18 heavy (non-hydrogen) atoms. The van der Waals surface area contributed by atoms with Crippen molar-refractivity contribution >= 4 is 5.69 Å². The van der Waals surface area contributed by atoms with Gasteiger partial charge in [0.1, 0.15) is 0 Å². The van der Waals surface area contributed by atoms with E-state index >= 15 is 0 Å². The third kappa shape index (κ3) is 2.22. The van der Waals surface area contributed by atoms with Gasteiger partial charge in [-0.3, -0.25) is 9.88 Å². The molecule has 4 heteroatoms. The first-order chi connectivity index (χ1) is 8.88. The van der Waals surface area contributed by atoms with Gasteiger partial charge in [-0.25, -0.2) is 0 Å². The van der Waals surface area contributed by atoms with Crippen LogP contribution >= 0.6 is 0 Å². The molecule has 1 unspecified atom stereocenters. The Morgan fingerprint density at radius 2 is 2.28 bits per heavy atom. The number of anilines is 1. The molecule has 0 spiro atoms. The van der Waals surface area contributed by atoms with Crippen molar-refractivity contribution in [2.24, 2.45) is 0 Å². The molecular weight excluding hydrogens is 226 g/mol. The molecule has 3 heterocycles. The van der Waals surface area contributed by atoms with Crippen molar-refractivity contribution in [3.63, 3.8) is 0 Å². The molecule has 0 bridgehead atoms. The van der Waals surface area contributed by atoms with E-state index in [1.165, 1.54) is 12.1 Å². The van der Waals surface area contributed by atoms with E-state index in [2.05, 4.69) is 27.8 Å². The van der Waals surface area contributed by atoms with Gasteiger partial charge in [0.2, 0.25) is 0 Å². The van der Waals surface area contributed by atoms with E-state index < -0.39 is 0 Å². The molecule has 2 saturated heterocycles. The Labute approximate surface area is 109 Å². The summed E-state index contributed by atoms with van der Waals surface area (Å²) in [4.78, 5) is 9.33. The standard InChI is InChI=1S/C14H21N3O/c1-2-12-9-16(14-10-18-11-14)6-7-17(12)13-4-3-5-15-8-13/h3-5,8,12,14H,2,6-7,9-11H2,1H3.